The van der Waals surface area contributed by atoms with Gasteiger partial charge in [-0.05, 0) is 24.3 Å². The highest BCUT2D eigenvalue weighted by Crippen LogP contribution is 2.35. The van der Waals surface area contributed by atoms with E-state index in [0.29, 0.717) is 0 Å². The van der Waals surface area contributed by atoms with Gasteiger partial charge in [0.05, 0.1) is 16.4 Å². The van der Waals surface area contributed by atoms with Crippen LogP contribution < -0.4 is 10.6 Å². The second kappa shape index (κ2) is 6.79. The van der Waals surface area contributed by atoms with Crippen molar-refractivity contribution in [2.45, 2.75) is 0 Å². The van der Waals surface area contributed by atoms with Crippen LogP contribution in [0, 0.1) is 5.82 Å². The normalized spacial score (nSPS) is 15.7. The molecule has 1 aliphatic rings. The molecule has 3 N–H and O–H groups in total. The lowest BCUT2D eigenvalue weighted by molar-refractivity contribution is 0.249. The van der Waals surface area contributed by atoms with Crippen LogP contribution in [0.5, 0.6) is 0 Å². The van der Waals surface area contributed by atoms with E-state index in [9.17, 15) is 4.39 Å². The smallest absolute Gasteiger partial charge is 0.136 e. The molecule has 0 spiro atoms. The van der Waals surface area contributed by atoms with Gasteiger partial charge in [-0.25, -0.2) is 9.37 Å². The van der Waals surface area contributed by atoms with Crippen molar-refractivity contribution in [2.24, 2.45) is 0 Å². The van der Waals surface area contributed by atoms with E-state index in [1.165, 1.54) is 6.07 Å². The SMILES string of the molecule is Fc1ccc2nc(NCCN3CCNCC3)c3c4ccccc4[nH]c3c2c1. The van der Waals surface area contributed by atoms with Crippen LogP contribution in [0.25, 0.3) is 32.7 Å². The maximum atomic E-state index is 13.9. The van der Waals surface area contributed by atoms with E-state index in [1.807, 2.05) is 18.2 Å². The van der Waals surface area contributed by atoms with Crippen molar-refractivity contribution in [1.82, 2.24) is 20.2 Å². The highest BCUT2D eigenvalue weighted by Gasteiger charge is 2.15. The number of rotatable bonds is 4. The summed E-state index contributed by atoms with van der Waals surface area (Å²) < 4.78 is 13.9. The van der Waals surface area contributed by atoms with Crippen molar-refractivity contribution in [3.05, 3.63) is 48.3 Å². The molecule has 138 valence electrons. The molecule has 6 heteroatoms. The van der Waals surface area contributed by atoms with Gasteiger partial charge in [0.25, 0.3) is 0 Å². The molecule has 2 aromatic carbocycles. The number of para-hydroxylation sites is 1. The first-order valence-corrected chi connectivity index (χ1v) is 9.46. The molecule has 0 unspecified atom stereocenters. The van der Waals surface area contributed by atoms with E-state index >= 15 is 0 Å². The number of aromatic nitrogens is 2. The Morgan fingerprint density at radius 1 is 1.07 bits per heavy atom. The molecule has 0 bridgehead atoms. The summed E-state index contributed by atoms with van der Waals surface area (Å²) in [4.78, 5) is 10.7. The zero-order valence-corrected chi connectivity index (χ0v) is 15.1. The van der Waals surface area contributed by atoms with Gasteiger partial charge in [-0.3, -0.25) is 4.90 Å². The number of aromatic amines is 1. The van der Waals surface area contributed by atoms with Gasteiger partial charge in [-0.2, -0.15) is 0 Å². The molecular formula is C21H22FN5. The molecule has 0 saturated carbocycles. The minimum atomic E-state index is -0.247. The number of hydrogen-bond donors (Lipinski definition) is 3. The molecule has 1 saturated heterocycles. The third kappa shape index (κ3) is 3.01. The lowest BCUT2D eigenvalue weighted by Gasteiger charge is -2.27. The van der Waals surface area contributed by atoms with Crippen LogP contribution >= 0.6 is 0 Å². The van der Waals surface area contributed by atoms with E-state index < -0.39 is 0 Å². The predicted octanol–water partition coefficient (Wildman–Crippen LogP) is 3.33. The van der Waals surface area contributed by atoms with Crippen molar-refractivity contribution in [1.29, 1.82) is 0 Å². The summed E-state index contributed by atoms with van der Waals surface area (Å²) in [7, 11) is 0. The molecule has 27 heavy (non-hydrogen) atoms. The van der Waals surface area contributed by atoms with Gasteiger partial charge in [-0.15, -0.1) is 0 Å². The summed E-state index contributed by atoms with van der Waals surface area (Å²) in [5, 5.41) is 9.86. The van der Waals surface area contributed by atoms with Gasteiger partial charge in [0.15, 0.2) is 0 Å². The molecule has 1 fully saturated rings. The van der Waals surface area contributed by atoms with Crippen LogP contribution in [0.2, 0.25) is 0 Å². The second-order valence-electron chi connectivity index (χ2n) is 7.06. The van der Waals surface area contributed by atoms with E-state index in [1.54, 1.807) is 12.1 Å². The molecule has 2 aromatic heterocycles. The molecule has 0 aliphatic carbocycles. The molecule has 0 atom stereocenters. The topological polar surface area (TPSA) is 56.0 Å². The lowest BCUT2D eigenvalue weighted by atomic mass is 10.1. The van der Waals surface area contributed by atoms with Crippen LogP contribution in [-0.4, -0.2) is 54.1 Å². The molecule has 0 radical (unpaired) electrons. The number of piperazine rings is 1. The highest BCUT2D eigenvalue weighted by atomic mass is 19.1. The Bertz CT molecular complexity index is 1110. The first-order valence-electron chi connectivity index (χ1n) is 9.46. The lowest BCUT2D eigenvalue weighted by Crippen LogP contribution is -2.45. The molecule has 5 rings (SSSR count). The Morgan fingerprint density at radius 2 is 1.93 bits per heavy atom. The number of halogens is 1. The van der Waals surface area contributed by atoms with Gasteiger partial charge in [0, 0.05) is 55.6 Å². The quantitative estimate of drug-likeness (QED) is 0.521. The number of nitrogens with one attached hydrogen (secondary N) is 3. The number of benzene rings is 2. The number of anilines is 1. The third-order valence-corrected chi connectivity index (χ3v) is 5.33. The van der Waals surface area contributed by atoms with Crippen molar-refractivity contribution in [3.63, 3.8) is 0 Å². The summed E-state index contributed by atoms with van der Waals surface area (Å²) in [5.74, 6) is 0.611. The molecular weight excluding hydrogens is 341 g/mol. The van der Waals surface area contributed by atoms with Gasteiger partial charge >= 0.3 is 0 Å². The number of nitrogens with zero attached hydrogens (tertiary/aromatic N) is 2. The fraction of sp³-hybridized carbons (Fsp3) is 0.286. The summed E-state index contributed by atoms with van der Waals surface area (Å²) in [6, 6.07) is 12.9. The molecule has 3 heterocycles. The average molecular weight is 363 g/mol. The minimum Gasteiger partial charge on any atom is -0.368 e. The van der Waals surface area contributed by atoms with Crippen LogP contribution in [-0.2, 0) is 0 Å². The Labute approximate surface area is 156 Å². The van der Waals surface area contributed by atoms with Crippen molar-refractivity contribution >= 4 is 38.5 Å². The van der Waals surface area contributed by atoms with E-state index in [2.05, 4.69) is 26.6 Å². The highest BCUT2D eigenvalue weighted by molar-refractivity contribution is 6.20. The first kappa shape index (κ1) is 16.5. The standard InChI is InChI=1S/C21H22FN5/c22-14-5-6-18-16(13-14)20-19(15-3-1-2-4-17(15)25-20)21(26-18)24-9-12-27-10-7-23-8-11-27/h1-6,13,23,25H,7-12H2,(H,24,26). The first-order chi connectivity index (χ1) is 13.3. The Morgan fingerprint density at radius 3 is 2.81 bits per heavy atom. The summed E-state index contributed by atoms with van der Waals surface area (Å²) in [6.07, 6.45) is 0. The van der Waals surface area contributed by atoms with Crippen LogP contribution in [0.15, 0.2) is 42.5 Å². The maximum absolute atomic E-state index is 13.9. The van der Waals surface area contributed by atoms with Gasteiger partial charge < -0.3 is 15.6 Å². The van der Waals surface area contributed by atoms with E-state index in [4.69, 9.17) is 4.98 Å². The number of pyridine rings is 1. The fourth-order valence-electron chi connectivity index (χ4n) is 3.97. The minimum absolute atomic E-state index is 0.247. The van der Waals surface area contributed by atoms with Crippen molar-refractivity contribution in [3.8, 4) is 0 Å². The largest absolute Gasteiger partial charge is 0.368 e. The Kier molecular flexibility index (Phi) is 4.14. The average Bonchev–Trinajstić information content (AvgIpc) is 3.09. The molecule has 1 aliphatic heterocycles. The zero-order valence-electron chi connectivity index (χ0n) is 15.1. The Balaban J connectivity index is 1.57. The van der Waals surface area contributed by atoms with E-state index in [-0.39, 0.29) is 5.82 Å². The van der Waals surface area contributed by atoms with Crippen LogP contribution in [0.3, 0.4) is 0 Å². The van der Waals surface area contributed by atoms with Crippen molar-refractivity contribution < 1.29 is 4.39 Å². The van der Waals surface area contributed by atoms with Gasteiger partial charge in [0.1, 0.15) is 11.6 Å². The van der Waals surface area contributed by atoms with E-state index in [0.717, 1.165) is 77.8 Å². The number of H-pyrrole nitrogens is 1. The number of fused-ring (bicyclic) bond motifs is 5. The second-order valence-corrected chi connectivity index (χ2v) is 7.06. The maximum Gasteiger partial charge on any atom is 0.136 e. The van der Waals surface area contributed by atoms with Gasteiger partial charge in [-0.1, -0.05) is 18.2 Å². The molecule has 0 amide bonds. The predicted molar refractivity (Wildman–Crippen MR) is 109 cm³/mol. The third-order valence-electron chi connectivity index (χ3n) is 5.33. The zero-order chi connectivity index (χ0) is 18.2. The summed E-state index contributed by atoms with van der Waals surface area (Å²) in [5.41, 5.74) is 2.77. The van der Waals surface area contributed by atoms with Gasteiger partial charge in [0.2, 0.25) is 0 Å². The Hall–Kier alpha value is -2.70. The number of hydrogen-bond acceptors (Lipinski definition) is 4. The fourth-order valence-corrected chi connectivity index (χ4v) is 3.97. The molecule has 5 nitrogen and oxygen atoms in total. The van der Waals surface area contributed by atoms with Crippen LogP contribution in [0.1, 0.15) is 0 Å². The monoisotopic (exact) mass is 363 g/mol. The summed E-state index contributed by atoms with van der Waals surface area (Å²) in [6.45, 7) is 6.06. The van der Waals surface area contributed by atoms with Crippen molar-refractivity contribution in [2.75, 3.05) is 44.6 Å². The molecule has 4 aromatic rings. The summed E-state index contributed by atoms with van der Waals surface area (Å²) >= 11 is 0. The van der Waals surface area contributed by atoms with Crippen LogP contribution in [0.4, 0.5) is 10.2 Å².